The highest BCUT2D eigenvalue weighted by Gasteiger charge is 2.04. The minimum Gasteiger partial charge on any atom is -0.366 e. The number of carbonyl (C=O) groups is 1. The molecule has 0 aromatic carbocycles. The molecule has 0 radical (unpaired) electrons. The SMILES string of the molecule is CCCCCCCCC(=CCCNCCCC)C(N)=O. The smallest absolute Gasteiger partial charge is 0.244 e. The van der Waals surface area contributed by atoms with Crippen molar-refractivity contribution in [2.45, 2.75) is 78.1 Å². The summed E-state index contributed by atoms with van der Waals surface area (Å²) in [5, 5.41) is 3.37. The van der Waals surface area contributed by atoms with Crippen LogP contribution < -0.4 is 11.1 Å². The Balaban J connectivity index is 3.71. The highest BCUT2D eigenvalue weighted by molar-refractivity contribution is 5.91. The number of hydrogen-bond donors (Lipinski definition) is 2. The lowest BCUT2D eigenvalue weighted by atomic mass is 10.0. The number of rotatable bonds is 14. The molecule has 3 N–H and O–H groups in total. The molecule has 0 saturated heterocycles. The molecule has 0 saturated carbocycles. The minimum atomic E-state index is -0.243. The number of carbonyl (C=O) groups excluding carboxylic acids is 1. The average Bonchev–Trinajstić information content (AvgIpc) is 2.43. The fourth-order valence-corrected chi connectivity index (χ4v) is 2.20. The lowest BCUT2D eigenvalue weighted by Crippen LogP contribution is -2.17. The number of amides is 1. The first-order valence-corrected chi connectivity index (χ1v) is 8.41. The van der Waals surface area contributed by atoms with Crippen molar-refractivity contribution >= 4 is 5.91 Å². The van der Waals surface area contributed by atoms with Crippen LogP contribution in [0.3, 0.4) is 0 Å². The fourth-order valence-electron chi connectivity index (χ4n) is 2.20. The zero-order valence-electron chi connectivity index (χ0n) is 13.5. The highest BCUT2D eigenvalue weighted by atomic mass is 16.1. The van der Waals surface area contributed by atoms with Gasteiger partial charge in [-0.2, -0.15) is 0 Å². The average molecular weight is 282 g/mol. The van der Waals surface area contributed by atoms with Gasteiger partial charge in [-0.15, -0.1) is 0 Å². The van der Waals surface area contributed by atoms with Crippen LogP contribution in [0.5, 0.6) is 0 Å². The van der Waals surface area contributed by atoms with Gasteiger partial charge in [0.05, 0.1) is 0 Å². The van der Waals surface area contributed by atoms with Crippen LogP contribution in [-0.2, 0) is 4.79 Å². The van der Waals surface area contributed by atoms with Crippen LogP contribution in [0, 0.1) is 0 Å². The van der Waals surface area contributed by atoms with Crippen LogP contribution in [0.2, 0.25) is 0 Å². The molecule has 0 aromatic rings. The van der Waals surface area contributed by atoms with E-state index in [0.29, 0.717) is 0 Å². The molecular weight excluding hydrogens is 248 g/mol. The molecule has 1 amide bonds. The highest BCUT2D eigenvalue weighted by Crippen LogP contribution is 2.12. The van der Waals surface area contributed by atoms with Gasteiger partial charge in [0.15, 0.2) is 0 Å². The molecule has 0 aliphatic carbocycles. The lowest BCUT2D eigenvalue weighted by molar-refractivity contribution is -0.114. The van der Waals surface area contributed by atoms with Crippen molar-refractivity contribution in [2.75, 3.05) is 13.1 Å². The Kier molecular flexibility index (Phi) is 14.0. The second kappa shape index (κ2) is 14.6. The van der Waals surface area contributed by atoms with Crippen LogP contribution >= 0.6 is 0 Å². The predicted molar refractivity (Wildman–Crippen MR) is 87.7 cm³/mol. The Labute approximate surface area is 125 Å². The van der Waals surface area contributed by atoms with Crippen molar-refractivity contribution in [3.8, 4) is 0 Å². The number of primary amides is 1. The van der Waals surface area contributed by atoms with E-state index in [9.17, 15) is 4.79 Å². The zero-order chi connectivity index (χ0) is 15.1. The minimum absolute atomic E-state index is 0.243. The van der Waals surface area contributed by atoms with Gasteiger partial charge in [0.2, 0.25) is 5.91 Å². The van der Waals surface area contributed by atoms with Crippen LogP contribution in [0.15, 0.2) is 11.6 Å². The summed E-state index contributed by atoms with van der Waals surface area (Å²) in [7, 11) is 0. The molecule has 0 heterocycles. The third-order valence-corrected chi connectivity index (χ3v) is 3.54. The van der Waals surface area contributed by atoms with Gasteiger partial charge in [-0.25, -0.2) is 0 Å². The summed E-state index contributed by atoms with van der Waals surface area (Å²) in [6.07, 6.45) is 13.7. The first kappa shape index (κ1) is 19.2. The molecule has 0 atom stereocenters. The van der Waals surface area contributed by atoms with Gasteiger partial charge < -0.3 is 11.1 Å². The summed E-state index contributed by atoms with van der Waals surface area (Å²) in [6.45, 7) is 6.41. The maximum absolute atomic E-state index is 11.4. The number of unbranched alkanes of at least 4 members (excludes halogenated alkanes) is 6. The van der Waals surface area contributed by atoms with E-state index >= 15 is 0 Å². The Bertz CT molecular complexity index is 262. The molecule has 0 aliphatic heterocycles. The number of nitrogens with one attached hydrogen (secondary N) is 1. The first-order valence-electron chi connectivity index (χ1n) is 8.41. The molecule has 118 valence electrons. The molecule has 0 aromatic heterocycles. The van der Waals surface area contributed by atoms with E-state index in [1.54, 1.807) is 0 Å². The zero-order valence-corrected chi connectivity index (χ0v) is 13.5. The first-order chi connectivity index (χ1) is 9.72. The second-order valence-corrected chi connectivity index (χ2v) is 5.50. The van der Waals surface area contributed by atoms with E-state index < -0.39 is 0 Å². The van der Waals surface area contributed by atoms with Gasteiger partial charge in [0, 0.05) is 5.57 Å². The van der Waals surface area contributed by atoms with Crippen LogP contribution in [-0.4, -0.2) is 19.0 Å². The number of hydrogen-bond acceptors (Lipinski definition) is 2. The Morgan fingerprint density at radius 3 is 2.25 bits per heavy atom. The third kappa shape index (κ3) is 12.2. The van der Waals surface area contributed by atoms with Crippen LogP contribution in [0.1, 0.15) is 78.1 Å². The van der Waals surface area contributed by atoms with Gasteiger partial charge in [-0.05, 0) is 38.8 Å². The molecule has 0 spiro atoms. The molecule has 0 unspecified atom stereocenters. The van der Waals surface area contributed by atoms with Crippen molar-refractivity contribution in [2.24, 2.45) is 5.73 Å². The largest absolute Gasteiger partial charge is 0.366 e. The Morgan fingerprint density at radius 1 is 0.950 bits per heavy atom. The topological polar surface area (TPSA) is 55.1 Å². The van der Waals surface area contributed by atoms with Crippen LogP contribution in [0.25, 0.3) is 0 Å². The van der Waals surface area contributed by atoms with E-state index in [2.05, 4.69) is 19.2 Å². The summed E-state index contributed by atoms with van der Waals surface area (Å²) >= 11 is 0. The summed E-state index contributed by atoms with van der Waals surface area (Å²) in [5.74, 6) is -0.243. The lowest BCUT2D eigenvalue weighted by Gasteiger charge is -2.05. The van der Waals surface area contributed by atoms with E-state index in [1.807, 2.05) is 6.08 Å². The molecule has 3 nitrogen and oxygen atoms in total. The molecule has 3 heteroatoms. The van der Waals surface area contributed by atoms with Crippen molar-refractivity contribution in [1.29, 1.82) is 0 Å². The Hall–Kier alpha value is -0.830. The van der Waals surface area contributed by atoms with Gasteiger partial charge in [0.25, 0.3) is 0 Å². The monoisotopic (exact) mass is 282 g/mol. The summed E-state index contributed by atoms with van der Waals surface area (Å²) < 4.78 is 0. The summed E-state index contributed by atoms with van der Waals surface area (Å²) in [5.41, 5.74) is 6.25. The molecule has 20 heavy (non-hydrogen) atoms. The quantitative estimate of drug-likeness (QED) is 0.375. The van der Waals surface area contributed by atoms with Crippen molar-refractivity contribution in [1.82, 2.24) is 5.32 Å². The van der Waals surface area contributed by atoms with Gasteiger partial charge in [0.1, 0.15) is 0 Å². The van der Waals surface area contributed by atoms with E-state index in [4.69, 9.17) is 5.73 Å². The molecular formula is C17H34N2O. The van der Waals surface area contributed by atoms with Gasteiger partial charge in [-0.3, -0.25) is 4.79 Å². The maximum Gasteiger partial charge on any atom is 0.244 e. The predicted octanol–water partition coefficient (Wildman–Crippen LogP) is 3.93. The second-order valence-electron chi connectivity index (χ2n) is 5.50. The van der Waals surface area contributed by atoms with E-state index in [1.165, 1.54) is 44.9 Å². The van der Waals surface area contributed by atoms with Gasteiger partial charge >= 0.3 is 0 Å². The fraction of sp³-hybridized carbons (Fsp3) is 0.824. The van der Waals surface area contributed by atoms with Crippen molar-refractivity contribution in [3.05, 3.63) is 11.6 Å². The summed E-state index contributed by atoms with van der Waals surface area (Å²) in [4.78, 5) is 11.4. The normalized spacial score (nSPS) is 11.8. The standard InChI is InChI=1S/C17H34N2O/c1-3-5-7-8-9-10-12-16(17(18)20)13-11-15-19-14-6-4-2/h13,19H,3-12,14-15H2,1-2H3,(H2,18,20). The molecule has 0 fully saturated rings. The number of nitrogens with two attached hydrogens (primary N) is 1. The van der Waals surface area contributed by atoms with E-state index in [0.717, 1.165) is 37.9 Å². The molecule has 0 rings (SSSR count). The maximum atomic E-state index is 11.4. The molecule has 0 bridgehead atoms. The molecule has 0 aliphatic rings. The van der Waals surface area contributed by atoms with Crippen molar-refractivity contribution < 1.29 is 4.79 Å². The van der Waals surface area contributed by atoms with Crippen molar-refractivity contribution in [3.63, 3.8) is 0 Å². The summed E-state index contributed by atoms with van der Waals surface area (Å²) in [6, 6.07) is 0. The van der Waals surface area contributed by atoms with E-state index in [-0.39, 0.29) is 5.91 Å². The Morgan fingerprint density at radius 2 is 1.60 bits per heavy atom. The van der Waals surface area contributed by atoms with Gasteiger partial charge in [-0.1, -0.05) is 58.4 Å². The van der Waals surface area contributed by atoms with Crippen LogP contribution in [0.4, 0.5) is 0 Å². The third-order valence-electron chi connectivity index (χ3n) is 3.54.